The molecule has 1 fully saturated rings. The average molecular weight is 298 g/mol. The van der Waals surface area contributed by atoms with Gasteiger partial charge >= 0.3 is 0 Å². The van der Waals surface area contributed by atoms with Gasteiger partial charge in [-0.25, -0.2) is 0 Å². The van der Waals surface area contributed by atoms with Gasteiger partial charge in [0.15, 0.2) is 0 Å². The minimum atomic E-state index is -0.0302. The summed E-state index contributed by atoms with van der Waals surface area (Å²) in [5, 5.41) is 12.6. The Kier molecular flexibility index (Phi) is 5.68. The second-order valence-electron chi connectivity index (χ2n) is 5.08. The number of carbonyl (C=O) groups excluding carboxylic acids is 1. The van der Waals surface area contributed by atoms with Crippen molar-refractivity contribution in [1.82, 2.24) is 5.32 Å². The van der Waals surface area contributed by atoms with Crippen LogP contribution in [0.2, 0.25) is 5.02 Å². The molecule has 2 N–H and O–H groups in total. The molecule has 1 aromatic rings. The van der Waals surface area contributed by atoms with E-state index in [0.717, 1.165) is 12.8 Å². The highest BCUT2D eigenvalue weighted by atomic mass is 35.5. The normalized spacial score (nSPS) is 15.7. The van der Waals surface area contributed by atoms with Crippen LogP contribution in [0.5, 0.6) is 5.75 Å². The van der Waals surface area contributed by atoms with E-state index < -0.39 is 0 Å². The van der Waals surface area contributed by atoms with Crippen LogP contribution in [0.25, 0.3) is 0 Å². The topological polar surface area (TPSA) is 58.6 Å². The molecule has 1 aliphatic carbocycles. The molecule has 110 valence electrons. The number of hydrogen-bond donors (Lipinski definition) is 2. The first-order valence-electron chi connectivity index (χ1n) is 6.97. The van der Waals surface area contributed by atoms with E-state index in [4.69, 9.17) is 21.4 Å². The van der Waals surface area contributed by atoms with E-state index >= 15 is 0 Å². The molecule has 0 aromatic heterocycles. The number of benzene rings is 1. The predicted octanol–water partition coefficient (Wildman–Crippen LogP) is 2.39. The molecule has 0 radical (unpaired) electrons. The Hall–Kier alpha value is -1.26. The Morgan fingerprint density at radius 2 is 2.30 bits per heavy atom. The number of rotatable bonds is 8. The molecule has 20 heavy (non-hydrogen) atoms. The molecule has 5 heteroatoms. The summed E-state index contributed by atoms with van der Waals surface area (Å²) in [6, 6.07) is 7.22. The third kappa shape index (κ3) is 5.02. The predicted molar refractivity (Wildman–Crippen MR) is 77.9 cm³/mol. The van der Waals surface area contributed by atoms with Crippen LogP contribution in [-0.2, 0) is 4.79 Å². The van der Waals surface area contributed by atoms with Gasteiger partial charge in [-0.15, -0.1) is 0 Å². The van der Waals surface area contributed by atoms with Crippen LogP contribution in [0.3, 0.4) is 0 Å². The van der Waals surface area contributed by atoms with Crippen LogP contribution < -0.4 is 10.1 Å². The lowest BCUT2D eigenvalue weighted by Crippen LogP contribution is -2.37. The smallest absolute Gasteiger partial charge is 0.223 e. The van der Waals surface area contributed by atoms with Crippen molar-refractivity contribution in [3.05, 3.63) is 29.3 Å². The van der Waals surface area contributed by atoms with E-state index in [9.17, 15) is 4.79 Å². The van der Waals surface area contributed by atoms with Gasteiger partial charge in [-0.3, -0.25) is 4.79 Å². The Bertz CT molecular complexity index is 448. The molecule has 1 amide bonds. The Labute approximate surface area is 124 Å². The van der Waals surface area contributed by atoms with Crippen molar-refractivity contribution in [2.24, 2.45) is 5.92 Å². The van der Waals surface area contributed by atoms with Gasteiger partial charge in [-0.05, 0) is 43.4 Å². The van der Waals surface area contributed by atoms with Gasteiger partial charge in [-0.2, -0.15) is 0 Å². The zero-order valence-corrected chi connectivity index (χ0v) is 12.1. The third-order valence-electron chi connectivity index (χ3n) is 3.37. The summed E-state index contributed by atoms with van der Waals surface area (Å²) in [5.41, 5.74) is 0. The summed E-state index contributed by atoms with van der Waals surface area (Å²) >= 11 is 5.85. The van der Waals surface area contributed by atoms with E-state index in [0.29, 0.717) is 36.1 Å². The van der Waals surface area contributed by atoms with Crippen molar-refractivity contribution in [2.75, 3.05) is 13.2 Å². The Balaban J connectivity index is 1.69. The summed E-state index contributed by atoms with van der Waals surface area (Å²) < 4.78 is 5.48. The number of hydrogen-bond acceptors (Lipinski definition) is 3. The van der Waals surface area contributed by atoms with Gasteiger partial charge in [0.05, 0.1) is 13.0 Å². The molecular weight excluding hydrogens is 278 g/mol. The molecule has 4 nitrogen and oxygen atoms in total. The van der Waals surface area contributed by atoms with Gasteiger partial charge in [0.2, 0.25) is 5.91 Å². The van der Waals surface area contributed by atoms with Gasteiger partial charge < -0.3 is 15.2 Å². The Morgan fingerprint density at radius 3 is 2.95 bits per heavy atom. The molecule has 0 spiro atoms. The van der Waals surface area contributed by atoms with Crippen LogP contribution >= 0.6 is 11.6 Å². The maximum Gasteiger partial charge on any atom is 0.223 e. The van der Waals surface area contributed by atoms with E-state index in [2.05, 4.69) is 5.32 Å². The van der Waals surface area contributed by atoms with Crippen molar-refractivity contribution in [2.45, 2.75) is 31.7 Å². The summed E-state index contributed by atoms with van der Waals surface area (Å²) in [6.07, 6.45) is 3.22. The standard InChI is InChI=1S/C15H20ClNO3/c16-12-2-1-3-13(10-12)20-9-7-15(19)17-14(6-8-18)11-4-5-11/h1-3,10-11,14,18H,4-9H2,(H,17,19). The highest BCUT2D eigenvalue weighted by molar-refractivity contribution is 6.30. The van der Waals surface area contributed by atoms with E-state index in [-0.39, 0.29) is 18.6 Å². The summed E-state index contributed by atoms with van der Waals surface area (Å²) in [4.78, 5) is 11.8. The number of amides is 1. The lowest BCUT2D eigenvalue weighted by Gasteiger charge is -2.17. The fraction of sp³-hybridized carbons (Fsp3) is 0.533. The summed E-state index contributed by atoms with van der Waals surface area (Å²) in [7, 11) is 0. The minimum absolute atomic E-state index is 0.0302. The summed E-state index contributed by atoms with van der Waals surface area (Å²) in [5.74, 6) is 1.18. The third-order valence-corrected chi connectivity index (χ3v) is 3.61. The maximum atomic E-state index is 11.8. The largest absolute Gasteiger partial charge is 0.493 e. The molecule has 0 saturated heterocycles. The average Bonchev–Trinajstić information content (AvgIpc) is 3.22. The second kappa shape index (κ2) is 7.50. The highest BCUT2D eigenvalue weighted by Crippen LogP contribution is 2.33. The maximum absolute atomic E-state index is 11.8. The van der Waals surface area contributed by atoms with E-state index in [1.165, 1.54) is 0 Å². The van der Waals surface area contributed by atoms with Crippen molar-refractivity contribution >= 4 is 17.5 Å². The molecule has 0 bridgehead atoms. The van der Waals surface area contributed by atoms with E-state index in [1.54, 1.807) is 12.1 Å². The first-order valence-corrected chi connectivity index (χ1v) is 7.35. The van der Waals surface area contributed by atoms with E-state index in [1.807, 2.05) is 12.1 Å². The zero-order valence-electron chi connectivity index (χ0n) is 11.3. The molecular formula is C15H20ClNO3. The number of aliphatic hydroxyl groups excluding tert-OH is 1. The lowest BCUT2D eigenvalue weighted by molar-refractivity contribution is -0.122. The minimum Gasteiger partial charge on any atom is -0.493 e. The van der Waals surface area contributed by atoms with Crippen LogP contribution in [-0.4, -0.2) is 30.3 Å². The van der Waals surface area contributed by atoms with Gasteiger partial charge in [0.25, 0.3) is 0 Å². The second-order valence-corrected chi connectivity index (χ2v) is 5.52. The SMILES string of the molecule is O=C(CCOc1cccc(Cl)c1)NC(CCO)C1CC1. The summed E-state index contributed by atoms with van der Waals surface area (Å²) in [6.45, 7) is 0.434. The fourth-order valence-corrected chi connectivity index (χ4v) is 2.34. The van der Waals surface area contributed by atoms with Crippen LogP contribution in [0.15, 0.2) is 24.3 Å². The van der Waals surface area contributed by atoms with Gasteiger partial charge in [0, 0.05) is 17.7 Å². The van der Waals surface area contributed by atoms with Crippen molar-refractivity contribution in [3.8, 4) is 5.75 Å². The van der Waals surface area contributed by atoms with Crippen molar-refractivity contribution in [3.63, 3.8) is 0 Å². The molecule has 1 unspecified atom stereocenters. The highest BCUT2D eigenvalue weighted by Gasteiger charge is 2.31. The first-order chi connectivity index (χ1) is 9.69. The molecule has 1 aromatic carbocycles. The number of halogens is 1. The number of nitrogens with one attached hydrogen (secondary N) is 1. The zero-order chi connectivity index (χ0) is 14.4. The Morgan fingerprint density at radius 1 is 1.50 bits per heavy atom. The molecule has 0 aliphatic heterocycles. The van der Waals surface area contributed by atoms with Crippen molar-refractivity contribution < 1.29 is 14.6 Å². The lowest BCUT2D eigenvalue weighted by atomic mass is 10.1. The monoisotopic (exact) mass is 297 g/mol. The number of ether oxygens (including phenoxy) is 1. The molecule has 1 aliphatic rings. The number of carbonyl (C=O) groups is 1. The molecule has 2 rings (SSSR count). The van der Waals surface area contributed by atoms with Crippen LogP contribution in [0.1, 0.15) is 25.7 Å². The molecule has 1 atom stereocenters. The quantitative estimate of drug-likeness (QED) is 0.774. The first kappa shape index (κ1) is 15.1. The van der Waals surface area contributed by atoms with Gasteiger partial charge in [0.1, 0.15) is 5.75 Å². The van der Waals surface area contributed by atoms with Gasteiger partial charge in [-0.1, -0.05) is 17.7 Å². The number of aliphatic hydroxyl groups is 1. The molecule has 0 heterocycles. The van der Waals surface area contributed by atoms with Crippen LogP contribution in [0, 0.1) is 5.92 Å². The molecule has 1 saturated carbocycles. The van der Waals surface area contributed by atoms with Crippen LogP contribution in [0.4, 0.5) is 0 Å². The fourth-order valence-electron chi connectivity index (χ4n) is 2.16. The van der Waals surface area contributed by atoms with Crippen molar-refractivity contribution in [1.29, 1.82) is 0 Å².